The standard InChI is InChI=1S/C16H16F3N3OS/c1-3-22(2)12-7-4-6-11(10-12)21-14(23)13-8-5-9-20-15(13)24-16(17,18)19/h4-10H,3H2,1-2H3,(H,21,23). The van der Waals surface area contributed by atoms with Gasteiger partial charge < -0.3 is 10.2 Å². The van der Waals surface area contributed by atoms with Gasteiger partial charge in [0.1, 0.15) is 5.03 Å². The Bertz CT molecular complexity index is 722. The fourth-order valence-electron chi connectivity index (χ4n) is 1.96. The van der Waals surface area contributed by atoms with Gasteiger partial charge in [-0.25, -0.2) is 4.98 Å². The number of carbonyl (C=O) groups is 1. The summed E-state index contributed by atoms with van der Waals surface area (Å²) >= 11 is -0.402. The molecule has 0 aliphatic rings. The van der Waals surface area contributed by atoms with Crippen LogP contribution in [0.5, 0.6) is 0 Å². The van der Waals surface area contributed by atoms with Crippen molar-refractivity contribution in [2.75, 3.05) is 23.8 Å². The van der Waals surface area contributed by atoms with Crippen LogP contribution in [0.25, 0.3) is 0 Å². The second-order valence-electron chi connectivity index (χ2n) is 4.92. The fourth-order valence-corrected chi connectivity index (χ4v) is 2.56. The number of amides is 1. The molecule has 1 aromatic carbocycles. The van der Waals surface area contributed by atoms with Crippen LogP contribution in [0.4, 0.5) is 24.5 Å². The topological polar surface area (TPSA) is 45.2 Å². The molecular weight excluding hydrogens is 339 g/mol. The lowest BCUT2D eigenvalue weighted by Crippen LogP contribution is -2.17. The zero-order valence-electron chi connectivity index (χ0n) is 13.1. The minimum absolute atomic E-state index is 0.117. The third kappa shape index (κ3) is 4.89. The number of benzene rings is 1. The molecule has 1 heterocycles. The van der Waals surface area contributed by atoms with Gasteiger partial charge in [-0.3, -0.25) is 4.79 Å². The van der Waals surface area contributed by atoms with Crippen molar-refractivity contribution < 1.29 is 18.0 Å². The quantitative estimate of drug-likeness (QED) is 0.808. The van der Waals surface area contributed by atoms with E-state index in [0.29, 0.717) is 5.69 Å². The minimum Gasteiger partial charge on any atom is -0.375 e. The number of hydrogen-bond acceptors (Lipinski definition) is 4. The van der Waals surface area contributed by atoms with Crippen LogP contribution in [-0.2, 0) is 0 Å². The maximum Gasteiger partial charge on any atom is 0.447 e. The molecule has 2 rings (SSSR count). The molecule has 1 N–H and O–H groups in total. The van der Waals surface area contributed by atoms with Crippen molar-refractivity contribution >= 4 is 29.0 Å². The highest BCUT2D eigenvalue weighted by atomic mass is 32.2. The van der Waals surface area contributed by atoms with Crippen LogP contribution in [0.15, 0.2) is 47.6 Å². The van der Waals surface area contributed by atoms with E-state index in [4.69, 9.17) is 0 Å². The molecule has 2 aromatic rings. The van der Waals surface area contributed by atoms with E-state index in [-0.39, 0.29) is 10.6 Å². The second kappa shape index (κ2) is 7.57. The molecule has 1 aromatic heterocycles. The summed E-state index contributed by atoms with van der Waals surface area (Å²) in [4.78, 5) is 18.0. The molecule has 8 heteroatoms. The van der Waals surface area contributed by atoms with Crippen molar-refractivity contribution in [3.05, 3.63) is 48.2 Å². The van der Waals surface area contributed by atoms with E-state index in [1.807, 2.05) is 24.9 Å². The van der Waals surface area contributed by atoms with Gasteiger partial charge in [-0.2, -0.15) is 13.2 Å². The Hall–Kier alpha value is -2.22. The summed E-state index contributed by atoms with van der Waals surface area (Å²) in [7, 11) is 1.90. The second-order valence-corrected chi connectivity index (χ2v) is 5.98. The lowest BCUT2D eigenvalue weighted by molar-refractivity contribution is -0.0329. The van der Waals surface area contributed by atoms with Gasteiger partial charge in [-0.05, 0) is 37.3 Å². The van der Waals surface area contributed by atoms with Gasteiger partial charge in [0.05, 0.1) is 5.56 Å². The average Bonchev–Trinajstić information content (AvgIpc) is 2.53. The molecule has 0 aliphatic heterocycles. The molecule has 0 atom stereocenters. The highest BCUT2D eigenvalue weighted by Gasteiger charge is 2.32. The first-order chi connectivity index (χ1) is 11.3. The zero-order valence-corrected chi connectivity index (χ0v) is 13.9. The number of halogens is 3. The third-order valence-electron chi connectivity index (χ3n) is 3.25. The third-order valence-corrected chi connectivity index (χ3v) is 4.00. The molecule has 1 amide bonds. The number of carbonyl (C=O) groups excluding carboxylic acids is 1. The lowest BCUT2D eigenvalue weighted by atomic mass is 10.2. The van der Waals surface area contributed by atoms with Crippen LogP contribution < -0.4 is 10.2 Å². The van der Waals surface area contributed by atoms with Gasteiger partial charge in [0.2, 0.25) is 0 Å². The van der Waals surface area contributed by atoms with E-state index in [0.717, 1.165) is 12.2 Å². The van der Waals surface area contributed by atoms with Gasteiger partial charge in [-0.15, -0.1) is 0 Å². The van der Waals surface area contributed by atoms with Crippen molar-refractivity contribution in [2.45, 2.75) is 17.5 Å². The average molecular weight is 355 g/mol. The lowest BCUT2D eigenvalue weighted by Gasteiger charge is -2.18. The van der Waals surface area contributed by atoms with Gasteiger partial charge in [-0.1, -0.05) is 6.07 Å². The first-order valence-electron chi connectivity index (χ1n) is 7.13. The van der Waals surface area contributed by atoms with E-state index >= 15 is 0 Å². The number of alkyl halides is 3. The molecule has 128 valence electrons. The van der Waals surface area contributed by atoms with Gasteiger partial charge in [0.15, 0.2) is 0 Å². The van der Waals surface area contributed by atoms with E-state index in [9.17, 15) is 18.0 Å². The van der Waals surface area contributed by atoms with Gasteiger partial charge in [0.25, 0.3) is 5.91 Å². The normalized spacial score (nSPS) is 11.2. The number of aromatic nitrogens is 1. The molecular formula is C16H16F3N3OS. The van der Waals surface area contributed by atoms with E-state index in [1.54, 1.807) is 18.2 Å². The maximum absolute atomic E-state index is 12.6. The predicted molar refractivity (Wildman–Crippen MR) is 89.5 cm³/mol. The zero-order chi connectivity index (χ0) is 17.7. The summed E-state index contributed by atoms with van der Waals surface area (Å²) in [5.74, 6) is -0.633. The van der Waals surface area contributed by atoms with Gasteiger partial charge in [0, 0.05) is 42.9 Å². The SMILES string of the molecule is CCN(C)c1cccc(NC(=O)c2cccnc2SC(F)(F)F)c1. The molecule has 0 spiro atoms. The monoisotopic (exact) mass is 355 g/mol. The van der Waals surface area contributed by atoms with Crippen LogP contribution in [0.2, 0.25) is 0 Å². The molecule has 0 unspecified atom stereocenters. The number of nitrogens with one attached hydrogen (secondary N) is 1. The predicted octanol–water partition coefficient (Wildman–Crippen LogP) is 4.40. The highest BCUT2D eigenvalue weighted by Crippen LogP contribution is 2.37. The maximum atomic E-state index is 12.6. The molecule has 0 radical (unpaired) electrons. The molecule has 4 nitrogen and oxygen atoms in total. The summed E-state index contributed by atoms with van der Waals surface area (Å²) in [5.41, 5.74) is -3.22. The van der Waals surface area contributed by atoms with Crippen molar-refractivity contribution in [3.63, 3.8) is 0 Å². The fraction of sp³-hybridized carbons (Fsp3) is 0.250. The summed E-state index contributed by atoms with van der Waals surface area (Å²) in [6.45, 7) is 2.77. The Morgan fingerprint density at radius 3 is 2.71 bits per heavy atom. The number of anilines is 2. The van der Waals surface area contributed by atoms with Crippen LogP contribution >= 0.6 is 11.8 Å². The van der Waals surface area contributed by atoms with Crippen LogP contribution in [0.1, 0.15) is 17.3 Å². The molecule has 0 saturated heterocycles. The first kappa shape index (κ1) is 18.1. The van der Waals surface area contributed by atoms with E-state index < -0.39 is 23.2 Å². The van der Waals surface area contributed by atoms with E-state index in [2.05, 4.69) is 10.3 Å². The van der Waals surface area contributed by atoms with E-state index in [1.165, 1.54) is 18.3 Å². The molecule has 24 heavy (non-hydrogen) atoms. The highest BCUT2D eigenvalue weighted by molar-refractivity contribution is 8.00. The number of hydrogen-bond donors (Lipinski definition) is 1. The Balaban J connectivity index is 2.22. The summed E-state index contributed by atoms with van der Waals surface area (Å²) in [5, 5.41) is 2.25. The first-order valence-corrected chi connectivity index (χ1v) is 7.95. The van der Waals surface area contributed by atoms with Crippen LogP contribution in [0, 0.1) is 0 Å². The number of thioether (sulfide) groups is 1. The summed E-state index contributed by atoms with van der Waals surface area (Å²) in [6.07, 6.45) is 1.22. The van der Waals surface area contributed by atoms with Crippen molar-refractivity contribution in [1.29, 1.82) is 0 Å². The van der Waals surface area contributed by atoms with Crippen LogP contribution in [-0.4, -0.2) is 30.0 Å². The Morgan fingerprint density at radius 2 is 2.04 bits per heavy atom. The summed E-state index contributed by atoms with van der Waals surface area (Å²) in [6, 6.07) is 9.83. The van der Waals surface area contributed by atoms with Crippen LogP contribution in [0.3, 0.4) is 0 Å². The Labute approximate surface area is 142 Å². The van der Waals surface area contributed by atoms with Gasteiger partial charge >= 0.3 is 5.51 Å². The minimum atomic E-state index is -4.51. The molecule has 0 fully saturated rings. The number of nitrogens with zero attached hydrogens (tertiary/aromatic N) is 2. The van der Waals surface area contributed by atoms with Crippen molar-refractivity contribution in [3.8, 4) is 0 Å². The molecule has 0 aliphatic carbocycles. The number of pyridine rings is 1. The largest absolute Gasteiger partial charge is 0.447 e. The smallest absolute Gasteiger partial charge is 0.375 e. The Kier molecular flexibility index (Phi) is 5.71. The molecule has 0 bridgehead atoms. The molecule has 0 saturated carbocycles. The van der Waals surface area contributed by atoms with Crippen molar-refractivity contribution in [1.82, 2.24) is 4.98 Å². The summed E-state index contributed by atoms with van der Waals surface area (Å²) < 4.78 is 37.7. The van der Waals surface area contributed by atoms with Crippen molar-refractivity contribution in [2.24, 2.45) is 0 Å². The Morgan fingerprint density at radius 1 is 1.29 bits per heavy atom. The number of rotatable bonds is 5.